The van der Waals surface area contributed by atoms with Crippen molar-refractivity contribution >= 4 is 23.2 Å². The number of non-ortho nitro benzene ring substituents is 1. The molecule has 7 nitrogen and oxygen atoms in total. The van der Waals surface area contributed by atoms with E-state index in [1.54, 1.807) is 13.0 Å². The summed E-state index contributed by atoms with van der Waals surface area (Å²) in [6.45, 7) is 2.07. The minimum Gasteiger partial charge on any atom is -0.355 e. The van der Waals surface area contributed by atoms with Gasteiger partial charge in [0.1, 0.15) is 0 Å². The van der Waals surface area contributed by atoms with Crippen molar-refractivity contribution in [1.29, 1.82) is 0 Å². The van der Waals surface area contributed by atoms with E-state index in [2.05, 4.69) is 10.6 Å². The molecule has 0 spiro atoms. The molecule has 0 aliphatic carbocycles. The van der Waals surface area contributed by atoms with Crippen LogP contribution in [0.5, 0.6) is 0 Å². The van der Waals surface area contributed by atoms with Gasteiger partial charge in [0.05, 0.1) is 16.5 Å². The van der Waals surface area contributed by atoms with Crippen LogP contribution in [0.1, 0.15) is 18.4 Å². The van der Waals surface area contributed by atoms with Gasteiger partial charge in [0.25, 0.3) is 5.69 Å². The maximum Gasteiger partial charge on any atom is 0.271 e. The van der Waals surface area contributed by atoms with Gasteiger partial charge in [0.2, 0.25) is 11.8 Å². The Morgan fingerprint density at radius 2 is 2.25 bits per heavy atom. The SMILES string of the molecule is Cc1ccc([N+](=O)[O-])cc1NC(=O)C1CCC(=O)NC1. The molecule has 1 heterocycles. The molecule has 0 radical (unpaired) electrons. The third-order valence-electron chi connectivity index (χ3n) is 3.33. The largest absolute Gasteiger partial charge is 0.355 e. The lowest BCUT2D eigenvalue weighted by atomic mass is 9.98. The first kappa shape index (κ1) is 14.0. The van der Waals surface area contributed by atoms with Crippen LogP contribution in [-0.2, 0) is 9.59 Å². The van der Waals surface area contributed by atoms with Gasteiger partial charge in [-0.15, -0.1) is 0 Å². The number of hydrogen-bond acceptors (Lipinski definition) is 4. The summed E-state index contributed by atoms with van der Waals surface area (Å²) in [6, 6.07) is 4.33. The van der Waals surface area contributed by atoms with Crippen molar-refractivity contribution in [2.75, 3.05) is 11.9 Å². The quantitative estimate of drug-likeness (QED) is 0.643. The highest BCUT2D eigenvalue weighted by Gasteiger charge is 2.25. The van der Waals surface area contributed by atoms with Gasteiger partial charge in [-0.05, 0) is 18.9 Å². The van der Waals surface area contributed by atoms with Crippen molar-refractivity contribution in [3.63, 3.8) is 0 Å². The van der Waals surface area contributed by atoms with E-state index in [1.807, 2.05) is 0 Å². The van der Waals surface area contributed by atoms with E-state index in [-0.39, 0.29) is 23.4 Å². The Hall–Kier alpha value is -2.44. The summed E-state index contributed by atoms with van der Waals surface area (Å²) in [6.07, 6.45) is 0.817. The van der Waals surface area contributed by atoms with Crippen molar-refractivity contribution < 1.29 is 14.5 Å². The van der Waals surface area contributed by atoms with E-state index in [0.717, 1.165) is 5.56 Å². The maximum absolute atomic E-state index is 12.1. The smallest absolute Gasteiger partial charge is 0.271 e. The lowest BCUT2D eigenvalue weighted by molar-refractivity contribution is -0.384. The molecule has 20 heavy (non-hydrogen) atoms. The van der Waals surface area contributed by atoms with Crippen LogP contribution in [0.3, 0.4) is 0 Å². The van der Waals surface area contributed by atoms with Gasteiger partial charge < -0.3 is 10.6 Å². The third-order valence-corrected chi connectivity index (χ3v) is 3.33. The molecule has 1 aliphatic heterocycles. The van der Waals surface area contributed by atoms with Crippen molar-refractivity contribution in [3.05, 3.63) is 33.9 Å². The second kappa shape index (κ2) is 5.68. The Bertz CT molecular complexity index is 561. The number of anilines is 1. The molecule has 2 rings (SSSR count). The van der Waals surface area contributed by atoms with Crippen LogP contribution in [0.2, 0.25) is 0 Å². The van der Waals surface area contributed by atoms with E-state index < -0.39 is 4.92 Å². The molecule has 0 aromatic heterocycles. The Morgan fingerprint density at radius 3 is 2.85 bits per heavy atom. The Balaban J connectivity index is 2.09. The van der Waals surface area contributed by atoms with Crippen molar-refractivity contribution in [2.24, 2.45) is 5.92 Å². The van der Waals surface area contributed by atoms with Gasteiger partial charge in [0.15, 0.2) is 0 Å². The predicted molar refractivity (Wildman–Crippen MR) is 72.2 cm³/mol. The molecular formula is C13H15N3O4. The van der Waals surface area contributed by atoms with Gasteiger partial charge in [-0.1, -0.05) is 6.07 Å². The summed E-state index contributed by atoms with van der Waals surface area (Å²) in [5, 5.41) is 16.1. The minimum atomic E-state index is -0.504. The molecule has 1 aromatic rings. The molecule has 1 saturated heterocycles. The van der Waals surface area contributed by atoms with Crippen LogP contribution in [0, 0.1) is 23.0 Å². The van der Waals surface area contributed by atoms with Crippen LogP contribution < -0.4 is 10.6 Å². The van der Waals surface area contributed by atoms with Gasteiger partial charge in [-0.3, -0.25) is 19.7 Å². The fraction of sp³-hybridized carbons (Fsp3) is 0.385. The van der Waals surface area contributed by atoms with Crippen LogP contribution in [0.15, 0.2) is 18.2 Å². The lowest BCUT2D eigenvalue weighted by Gasteiger charge is -2.21. The third kappa shape index (κ3) is 3.11. The summed E-state index contributed by atoms with van der Waals surface area (Å²) >= 11 is 0. The average Bonchev–Trinajstić information content (AvgIpc) is 2.41. The number of carbonyl (C=O) groups excluding carboxylic acids is 2. The van der Waals surface area contributed by atoms with Gasteiger partial charge in [0, 0.05) is 25.1 Å². The molecule has 1 atom stereocenters. The molecule has 2 N–H and O–H groups in total. The Labute approximate surface area is 115 Å². The lowest BCUT2D eigenvalue weighted by Crippen LogP contribution is -2.40. The van der Waals surface area contributed by atoms with E-state index in [0.29, 0.717) is 25.1 Å². The van der Waals surface area contributed by atoms with Crippen LogP contribution >= 0.6 is 0 Å². The molecular weight excluding hydrogens is 262 g/mol. The first-order valence-corrected chi connectivity index (χ1v) is 6.30. The summed E-state index contributed by atoms with van der Waals surface area (Å²) in [7, 11) is 0. The highest BCUT2D eigenvalue weighted by molar-refractivity contribution is 5.95. The average molecular weight is 277 g/mol. The monoisotopic (exact) mass is 277 g/mol. The number of piperidine rings is 1. The Morgan fingerprint density at radius 1 is 1.50 bits per heavy atom. The summed E-state index contributed by atoms with van der Waals surface area (Å²) < 4.78 is 0. The second-order valence-electron chi connectivity index (χ2n) is 4.79. The highest BCUT2D eigenvalue weighted by Crippen LogP contribution is 2.23. The van der Waals surface area contributed by atoms with Crippen LogP contribution in [0.4, 0.5) is 11.4 Å². The molecule has 0 saturated carbocycles. The van der Waals surface area contributed by atoms with Gasteiger partial charge in [-0.2, -0.15) is 0 Å². The predicted octanol–water partition coefficient (Wildman–Crippen LogP) is 1.37. The molecule has 1 aromatic carbocycles. The van der Waals surface area contributed by atoms with Crippen LogP contribution in [-0.4, -0.2) is 23.3 Å². The van der Waals surface area contributed by atoms with Crippen molar-refractivity contribution in [3.8, 4) is 0 Å². The highest BCUT2D eigenvalue weighted by atomic mass is 16.6. The fourth-order valence-corrected chi connectivity index (χ4v) is 2.05. The number of amides is 2. The summed E-state index contributed by atoms with van der Waals surface area (Å²) in [4.78, 5) is 33.4. The van der Waals surface area contributed by atoms with Crippen molar-refractivity contribution in [1.82, 2.24) is 5.32 Å². The molecule has 1 aliphatic rings. The second-order valence-corrected chi connectivity index (χ2v) is 4.79. The fourth-order valence-electron chi connectivity index (χ4n) is 2.05. The molecule has 1 fully saturated rings. The first-order valence-electron chi connectivity index (χ1n) is 6.30. The van der Waals surface area contributed by atoms with E-state index in [4.69, 9.17) is 0 Å². The zero-order valence-electron chi connectivity index (χ0n) is 11.0. The van der Waals surface area contributed by atoms with E-state index in [9.17, 15) is 19.7 Å². The first-order chi connectivity index (χ1) is 9.47. The van der Waals surface area contributed by atoms with Gasteiger partial charge >= 0.3 is 0 Å². The van der Waals surface area contributed by atoms with E-state index >= 15 is 0 Å². The Kier molecular flexibility index (Phi) is 3.97. The zero-order valence-corrected chi connectivity index (χ0v) is 11.0. The number of nitro benzene ring substituents is 1. The van der Waals surface area contributed by atoms with E-state index in [1.165, 1.54) is 12.1 Å². The number of aryl methyl sites for hydroxylation is 1. The number of nitrogens with zero attached hydrogens (tertiary/aromatic N) is 1. The molecule has 106 valence electrons. The normalized spacial score (nSPS) is 18.2. The topological polar surface area (TPSA) is 101 Å². The molecule has 0 bridgehead atoms. The number of hydrogen-bond donors (Lipinski definition) is 2. The summed E-state index contributed by atoms with van der Waals surface area (Å²) in [5.41, 5.74) is 1.12. The maximum atomic E-state index is 12.1. The van der Waals surface area contributed by atoms with Crippen LogP contribution in [0.25, 0.3) is 0 Å². The molecule has 1 unspecified atom stereocenters. The number of nitrogens with one attached hydrogen (secondary N) is 2. The number of carbonyl (C=O) groups is 2. The number of rotatable bonds is 3. The van der Waals surface area contributed by atoms with Crippen molar-refractivity contribution in [2.45, 2.75) is 19.8 Å². The number of nitro groups is 1. The molecule has 7 heteroatoms. The molecule has 2 amide bonds. The minimum absolute atomic E-state index is 0.0550. The standard InChI is InChI=1S/C13H15N3O4/c1-8-2-4-10(16(19)20)6-11(8)15-13(18)9-3-5-12(17)14-7-9/h2,4,6,9H,3,5,7H2,1H3,(H,14,17)(H,15,18). The summed E-state index contributed by atoms with van der Waals surface area (Å²) in [5.74, 6) is -0.583. The zero-order chi connectivity index (χ0) is 14.7. The van der Waals surface area contributed by atoms with Gasteiger partial charge in [-0.25, -0.2) is 0 Å². The number of benzene rings is 1.